The molecule has 0 saturated heterocycles. The number of aliphatic hydroxyl groups is 1. The number of nitrogens with one attached hydrogen (secondary N) is 3. The van der Waals surface area contributed by atoms with Crippen LogP contribution in [0.15, 0.2) is 0 Å². The highest BCUT2D eigenvalue weighted by Crippen LogP contribution is 2.11. The van der Waals surface area contributed by atoms with Gasteiger partial charge in [0.15, 0.2) is 0 Å². The summed E-state index contributed by atoms with van der Waals surface area (Å²) in [4.78, 5) is 60.4. The second kappa shape index (κ2) is 15.5. The van der Waals surface area contributed by atoms with Crippen LogP contribution in [0.2, 0.25) is 0 Å². The third-order valence-electron chi connectivity index (χ3n) is 5.12. The maximum atomic E-state index is 12.8. The first-order valence-electron chi connectivity index (χ1n) is 10.7. The minimum Gasteiger partial charge on any atom is -0.480 e. The molecule has 0 rings (SSSR count). The van der Waals surface area contributed by atoms with Gasteiger partial charge in [0, 0.05) is 6.42 Å². The van der Waals surface area contributed by atoms with Gasteiger partial charge in [0.05, 0.1) is 12.1 Å². The highest BCUT2D eigenvalue weighted by molar-refractivity contribution is 7.98. The van der Waals surface area contributed by atoms with Crippen molar-refractivity contribution in [3.05, 3.63) is 0 Å². The van der Waals surface area contributed by atoms with Gasteiger partial charge in [0.25, 0.3) is 0 Å². The number of hydrogen-bond acceptors (Lipinski definition) is 8. The van der Waals surface area contributed by atoms with Crippen molar-refractivity contribution in [2.24, 2.45) is 17.4 Å². The summed E-state index contributed by atoms with van der Waals surface area (Å²) in [6, 6.07) is -4.78. The third-order valence-corrected chi connectivity index (χ3v) is 5.76. The van der Waals surface area contributed by atoms with E-state index in [9.17, 15) is 34.2 Å². The summed E-state index contributed by atoms with van der Waals surface area (Å²) >= 11 is 1.51. The molecule has 0 radical (unpaired) electrons. The van der Waals surface area contributed by atoms with Crippen LogP contribution in [0.5, 0.6) is 0 Å². The molecule has 0 aliphatic heterocycles. The van der Waals surface area contributed by atoms with E-state index in [1.54, 1.807) is 13.8 Å². The van der Waals surface area contributed by atoms with Crippen LogP contribution in [-0.2, 0) is 24.0 Å². The fraction of sp³-hybridized carbons (Fsp3) is 0.750. The maximum absolute atomic E-state index is 12.8. The van der Waals surface area contributed by atoms with Crippen molar-refractivity contribution in [2.75, 3.05) is 12.0 Å². The van der Waals surface area contributed by atoms with Gasteiger partial charge in [-0.15, -0.1) is 0 Å². The quantitative estimate of drug-likeness (QED) is 0.131. The predicted octanol–water partition coefficient (Wildman–Crippen LogP) is -1.70. The molecule has 0 aromatic carbocycles. The molecule has 12 nitrogen and oxygen atoms in total. The van der Waals surface area contributed by atoms with E-state index in [-0.39, 0.29) is 12.8 Å². The van der Waals surface area contributed by atoms with Gasteiger partial charge in [-0.1, -0.05) is 20.3 Å². The number of primary amides is 1. The Labute approximate surface area is 198 Å². The SMILES string of the molecule is CCC(C)C(NC(=O)C(NC(=O)C(N)CCSC)C(C)O)C(=O)NC(CCC(N)=O)C(=O)O. The molecule has 13 heteroatoms. The molecule has 0 aromatic rings. The summed E-state index contributed by atoms with van der Waals surface area (Å²) in [6.45, 7) is 4.76. The Balaban J connectivity index is 5.44. The zero-order chi connectivity index (χ0) is 25.7. The summed E-state index contributed by atoms with van der Waals surface area (Å²) in [5, 5.41) is 26.6. The number of carboxylic acid groups (broad SMARTS) is 1. The lowest BCUT2D eigenvalue weighted by atomic mass is 9.96. The number of amides is 4. The predicted molar refractivity (Wildman–Crippen MR) is 124 cm³/mol. The van der Waals surface area contributed by atoms with Gasteiger partial charge < -0.3 is 37.6 Å². The van der Waals surface area contributed by atoms with Gasteiger partial charge in [0.2, 0.25) is 23.6 Å². The van der Waals surface area contributed by atoms with Crippen LogP contribution in [0.1, 0.15) is 46.5 Å². The van der Waals surface area contributed by atoms with Crippen molar-refractivity contribution in [3.8, 4) is 0 Å². The fourth-order valence-corrected chi connectivity index (χ4v) is 3.28. The summed E-state index contributed by atoms with van der Waals surface area (Å²) < 4.78 is 0. The van der Waals surface area contributed by atoms with E-state index < -0.39 is 65.8 Å². The molecule has 6 unspecified atom stereocenters. The molecule has 0 aromatic heterocycles. The van der Waals surface area contributed by atoms with E-state index in [0.29, 0.717) is 18.6 Å². The lowest BCUT2D eigenvalue weighted by Crippen LogP contribution is -2.61. The van der Waals surface area contributed by atoms with E-state index in [1.165, 1.54) is 18.7 Å². The molecule has 6 atom stereocenters. The molecule has 33 heavy (non-hydrogen) atoms. The molecule has 190 valence electrons. The fourth-order valence-electron chi connectivity index (χ4n) is 2.79. The lowest BCUT2D eigenvalue weighted by molar-refractivity contribution is -0.143. The number of aliphatic hydroxyl groups excluding tert-OH is 1. The van der Waals surface area contributed by atoms with Gasteiger partial charge in [-0.05, 0) is 37.7 Å². The third kappa shape index (κ3) is 11.3. The van der Waals surface area contributed by atoms with Crippen molar-refractivity contribution in [2.45, 2.75) is 76.7 Å². The molecule has 0 fully saturated rings. The number of nitrogens with two attached hydrogens (primary N) is 2. The average molecular weight is 492 g/mol. The molecule has 0 aliphatic carbocycles. The first kappa shape index (κ1) is 30.6. The summed E-state index contributed by atoms with van der Waals surface area (Å²) in [7, 11) is 0. The van der Waals surface area contributed by atoms with E-state index in [0.717, 1.165) is 0 Å². The van der Waals surface area contributed by atoms with E-state index >= 15 is 0 Å². The Kier molecular flexibility index (Phi) is 14.3. The Bertz CT molecular complexity index is 692. The molecule has 0 saturated carbocycles. The van der Waals surface area contributed by atoms with E-state index in [2.05, 4.69) is 16.0 Å². The minimum absolute atomic E-state index is 0.210. The molecule has 0 bridgehead atoms. The normalized spacial score (nSPS) is 16.4. The Morgan fingerprint density at radius 3 is 1.94 bits per heavy atom. The standard InChI is InChI=1S/C20H37N5O7S/c1-5-10(2)15(18(29)23-13(20(31)32)6-7-14(22)27)24-19(30)16(11(3)26)25-17(28)12(21)8-9-33-4/h10-13,15-16,26H,5-9,21H2,1-4H3,(H2,22,27)(H,23,29)(H,24,30)(H,25,28)(H,31,32). The lowest BCUT2D eigenvalue weighted by Gasteiger charge is -2.29. The molecule has 4 amide bonds. The first-order chi connectivity index (χ1) is 15.3. The number of carbonyl (C=O) groups excluding carboxylic acids is 4. The van der Waals surface area contributed by atoms with Crippen LogP contribution in [0.3, 0.4) is 0 Å². The van der Waals surface area contributed by atoms with Gasteiger partial charge in [0.1, 0.15) is 18.1 Å². The zero-order valence-electron chi connectivity index (χ0n) is 19.5. The number of carboxylic acids is 1. The van der Waals surface area contributed by atoms with E-state index in [1.807, 2.05) is 6.26 Å². The average Bonchev–Trinajstić information content (AvgIpc) is 2.74. The number of rotatable bonds is 16. The van der Waals surface area contributed by atoms with Gasteiger partial charge in [-0.25, -0.2) is 4.79 Å². The largest absolute Gasteiger partial charge is 0.480 e. The monoisotopic (exact) mass is 491 g/mol. The maximum Gasteiger partial charge on any atom is 0.326 e. The van der Waals surface area contributed by atoms with Crippen molar-refractivity contribution in [1.82, 2.24) is 16.0 Å². The zero-order valence-corrected chi connectivity index (χ0v) is 20.3. The topological polar surface area (TPSA) is 214 Å². The Morgan fingerprint density at radius 2 is 1.48 bits per heavy atom. The number of carbonyl (C=O) groups is 5. The summed E-state index contributed by atoms with van der Waals surface area (Å²) in [5.74, 6) is -4.06. The molecular formula is C20H37N5O7S. The van der Waals surface area contributed by atoms with Crippen LogP contribution >= 0.6 is 11.8 Å². The van der Waals surface area contributed by atoms with Crippen LogP contribution in [0, 0.1) is 5.92 Å². The molecule has 0 aliphatic rings. The smallest absolute Gasteiger partial charge is 0.326 e. The number of thioether (sulfide) groups is 1. The van der Waals surface area contributed by atoms with Gasteiger partial charge in [-0.3, -0.25) is 19.2 Å². The number of aliphatic carboxylic acids is 1. The van der Waals surface area contributed by atoms with Crippen molar-refractivity contribution in [1.29, 1.82) is 0 Å². The molecule has 0 spiro atoms. The minimum atomic E-state index is -1.38. The van der Waals surface area contributed by atoms with Crippen molar-refractivity contribution < 1.29 is 34.2 Å². The van der Waals surface area contributed by atoms with Crippen LogP contribution in [0.25, 0.3) is 0 Å². The number of hydrogen-bond donors (Lipinski definition) is 7. The summed E-state index contributed by atoms with van der Waals surface area (Å²) in [6.07, 6.45) is 0.954. The molecular weight excluding hydrogens is 454 g/mol. The second-order valence-electron chi connectivity index (χ2n) is 7.89. The highest BCUT2D eigenvalue weighted by Gasteiger charge is 2.34. The molecule has 9 N–H and O–H groups in total. The van der Waals surface area contributed by atoms with Crippen LogP contribution < -0.4 is 27.4 Å². The van der Waals surface area contributed by atoms with Crippen molar-refractivity contribution >= 4 is 41.4 Å². The Morgan fingerprint density at radius 1 is 0.939 bits per heavy atom. The Hall–Kier alpha value is -2.38. The van der Waals surface area contributed by atoms with Gasteiger partial charge in [-0.2, -0.15) is 11.8 Å². The second-order valence-corrected chi connectivity index (χ2v) is 8.88. The first-order valence-corrected chi connectivity index (χ1v) is 12.1. The highest BCUT2D eigenvalue weighted by atomic mass is 32.2. The van der Waals surface area contributed by atoms with Gasteiger partial charge >= 0.3 is 5.97 Å². The molecule has 0 heterocycles. The van der Waals surface area contributed by atoms with E-state index in [4.69, 9.17) is 11.5 Å². The van der Waals surface area contributed by atoms with Crippen molar-refractivity contribution in [3.63, 3.8) is 0 Å². The van der Waals surface area contributed by atoms with Crippen LogP contribution in [-0.4, -0.2) is 82.1 Å². The van der Waals surface area contributed by atoms with Crippen LogP contribution in [0.4, 0.5) is 0 Å². The summed E-state index contributed by atoms with van der Waals surface area (Å²) in [5.41, 5.74) is 10.9.